The Morgan fingerprint density at radius 2 is 1.79 bits per heavy atom. The highest BCUT2D eigenvalue weighted by atomic mass is 35.5. The number of nitrogens with one attached hydrogen (secondary N) is 2. The van der Waals surface area contributed by atoms with Crippen LogP contribution in [0.15, 0.2) is 47.4 Å². The minimum absolute atomic E-state index is 0.0672. The number of hydrogen-bond acceptors (Lipinski definition) is 3. The molecule has 0 unspecified atom stereocenters. The van der Waals surface area contributed by atoms with Gasteiger partial charge in [-0.05, 0) is 44.2 Å². The number of carbonyl (C=O) groups is 1. The first-order valence-corrected chi connectivity index (χ1v) is 8.90. The fraction of sp³-hybridized carbons (Fsp3) is 0.188. The number of halogens is 2. The lowest BCUT2D eigenvalue weighted by molar-refractivity contribution is -0.117. The highest BCUT2D eigenvalue weighted by Crippen LogP contribution is 2.19. The second-order valence-electron chi connectivity index (χ2n) is 5.27. The largest absolute Gasteiger partial charge is 0.325 e. The zero-order chi connectivity index (χ0) is 17.9. The Morgan fingerprint density at radius 3 is 2.38 bits per heavy atom. The van der Waals surface area contributed by atoms with Crippen LogP contribution in [0, 0.1) is 12.7 Å². The number of hydrogen-bond donors (Lipinski definition) is 2. The van der Waals surface area contributed by atoms with Gasteiger partial charge in [-0.2, -0.15) is 4.72 Å². The number of amides is 1. The summed E-state index contributed by atoms with van der Waals surface area (Å²) < 4.78 is 39.9. The molecule has 0 bridgehead atoms. The first-order valence-electron chi connectivity index (χ1n) is 7.04. The summed E-state index contributed by atoms with van der Waals surface area (Å²) in [6, 6.07) is 8.92. The molecule has 0 heterocycles. The molecule has 24 heavy (non-hydrogen) atoms. The third-order valence-corrected chi connectivity index (χ3v) is 5.09. The van der Waals surface area contributed by atoms with Gasteiger partial charge >= 0.3 is 0 Å². The molecule has 2 rings (SSSR count). The van der Waals surface area contributed by atoms with Crippen LogP contribution in [-0.2, 0) is 14.8 Å². The maximum atomic E-state index is 13.1. The molecule has 0 spiro atoms. The minimum Gasteiger partial charge on any atom is -0.325 e. The normalized spacial score (nSPS) is 12.7. The van der Waals surface area contributed by atoms with Gasteiger partial charge in [0.15, 0.2) is 0 Å². The summed E-state index contributed by atoms with van der Waals surface area (Å²) in [6.45, 7) is 3.25. The summed E-state index contributed by atoms with van der Waals surface area (Å²) in [5.74, 6) is -1.20. The van der Waals surface area contributed by atoms with Gasteiger partial charge < -0.3 is 5.32 Å². The van der Waals surface area contributed by atoms with Gasteiger partial charge in [0, 0.05) is 5.69 Å². The second-order valence-corrected chi connectivity index (χ2v) is 7.40. The van der Waals surface area contributed by atoms with Crippen molar-refractivity contribution >= 4 is 33.2 Å². The molecule has 1 amide bonds. The van der Waals surface area contributed by atoms with Crippen molar-refractivity contribution < 1.29 is 17.6 Å². The fourth-order valence-corrected chi connectivity index (χ4v) is 3.28. The topological polar surface area (TPSA) is 75.3 Å². The van der Waals surface area contributed by atoms with Crippen LogP contribution in [-0.4, -0.2) is 20.4 Å². The van der Waals surface area contributed by atoms with Crippen molar-refractivity contribution in [3.63, 3.8) is 0 Å². The van der Waals surface area contributed by atoms with Gasteiger partial charge in [0.05, 0.1) is 16.0 Å². The third-order valence-electron chi connectivity index (χ3n) is 3.24. The van der Waals surface area contributed by atoms with E-state index in [1.807, 2.05) is 6.92 Å². The highest BCUT2D eigenvalue weighted by Gasteiger charge is 2.22. The monoisotopic (exact) mass is 370 g/mol. The van der Waals surface area contributed by atoms with Gasteiger partial charge in [-0.3, -0.25) is 4.79 Å². The zero-order valence-electron chi connectivity index (χ0n) is 13.0. The van der Waals surface area contributed by atoms with Crippen molar-refractivity contribution in [2.75, 3.05) is 5.32 Å². The third kappa shape index (κ3) is 4.53. The minimum atomic E-state index is -3.83. The first kappa shape index (κ1) is 18.4. The zero-order valence-corrected chi connectivity index (χ0v) is 14.6. The average molecular weight is 371 g/mol. The van der Waals surface area contributed by atoms with Gasteiger partial charge in [-0.25, -0.2) is 12.8 Å². The summed E-state index contributed by atoms with van der Waals surface area (Å²) >= 11 is 5.64. The van der Waals surface area contributed by atoms with E-state index in [9.17, 15) is 17.6 Å². The average Bonchev–Trinajstić information content (AvgIpc) is 2.51. The molecule has 1 atom stereocenters. The Balaban J connectivity index is 2.07. The molecular formula is C16H16ClFN2O3S. The molecular weight excluding hydrogens is 355 g/mol. The number of sulfonamides is 1. The molecule has 0 saturated heterocycles. The lowest BCUT2D eigenvalue weighted by Crippen LogP contribution is -2.41. The van der Waals surface area contributed by atoms with E-state index in [2.05, 4.69) is 10.0 Å². The lowest BCUT2D eigenvalue weighted by Gasteiger charge is -2.15. The summed E-state index contributed by atoms with van der Waals surface area (Å²) in [7, 11) is -3.83. The van der Waals surface area contributed by atoms with Crippen molar-refractivity contribution in [2.24, 2.45) is 0 Å². The van der Waals surface area contributed by atoms with Gasteiger partial charge in [-0.15, -0.1) is 0 Å². The van der Waals surface area contributed by atoms with Crippen molar-refractivity contribution in [3.8, 4) is 0 Å². The quantitative estimate of drug-likeness (QED) is 0.849. The molecule has 0 radical (unpaired) electrons. The van der Waals surface area contributed by atoms with E-state index < -0.39 is 27.8 Å². The predicted molar refractivity (Wildman–Crippen MR) is 91.0 cm³/mol. The Hall–Kier alpha value is -1.96. The fourth-order valence-electron chi connectivity index (χ4n) is 1.90. The van der Waals surface area contributed by atoms with E-state index >= 15 is 0 Å². The molecule has 2 N–H and O–H groups in total. The number of benzene rings is 2. The van der Waals surface area contributed by atoms with Crippen LogP contribution >= 0.6 is 11.6 Å². The highest BCUT2D eigenvalue weighted by molar-refractivity contribution is 7.89. The number of rotatable bonds is 5. The molecule has 0 aliphatic rings. The van der Waals surface area contributed by atoms with E-state index in [0.29, 0.717) is 0 Å². The summed E-state index contributed by atoms with van der Waals surface area (Å²) in [6.07, 6.45) is 0. The first-order chi connectivity index (χ1) is 11.2. The van der Waals surface area contributed by atoms with Gasteiger partial charge in [0.2, 0.25) is 15.9 Å². The lowest BCUT2D eigenvalue weighted by atomic mass is 10.2. The molecule has 0 aromatic heterocycles. The molecule has 8 heteroatoms. The Bertz CT molecular complexity index is 854. The van der Waals surface area contributed by atoms with Crippen molar-refractivity contribution in [2.45, 2.75) is 24.8 Å². The number of carbonyl (C=O) groups excluding carboxylic acids is 1. The van der Waals surface area contributed by atoms with E-state index in [1.54, 1.807) is 12.1 Å². The predicted octanol–water partition coefficient (Wildman–Crippen LogP) is 3.09. The molecule has 5 nitrogen and oxygen atoms in total. The number of anilines is 1. The van der Waals surface area contributed by atoms with Crippen LogP contribution in [0.4, 0.5) is 10.1 Å². The molecule has 2 aromatic carbocycles. The molecule has 0 aliphatic carbocycles. The Kier molecular flexibility index (Phi) is 5.58. The molecule has 128 valence electrons. The molecule has 0 aliphatic heterocycles. The molecule has 0 fully saturated rings. The standard InChI is InChI=1S/C16H16ClFN2O3S/c1-10-3-6-13(7-4-10)24(22,23)20-11(2)16(21)19-12-5-8-15(18)14(17)9-12/h3-9,11,20H,1-2H3,(H,19,21)/t11-/m0/s1. The van der Waals surface area contributed by atoms with Gasteiger partial charge in [0.1, 0.15) is 5.82 Å². The van der Waals surface area contributed by atoms with Crippen LogP contribution in [0.3, 0.4) is 0 Å². The van der Waals surface area contributed by atoms with Crippen LogP contribution in [0.2, 0.25) is 5.02 Å². The van der Waals surface area contributed by atoms with Gasteiger partial charge in [-0.1, -0.05) is 29.3 Å². The smallest absolute Gasteiger partial charge is 0.242 e. The maximum absolute atomic E-state index is 13.1. The van der Waals surface area contributed by atoms with Crippen LogP contribution < -0.4 is 10.0 Å². The summed E-state index contributed by atoms with van der Waals surface area (Å²) in [5.41, 5.74) is 1.20. The van der Waals surface area contributed by atoms with Crippen molar-refractivity contribution in [1.29, 1.82) is 0 Å². The van der Waals surface area contributed by atoms with Crippen LogP contribution in [0.1, 0.15) is 12.5 Å². The van der Waals surface area contributed by atoms with Crippen molar-refractivity contribution in [3.05, 3.63) is 58.9 Å². The summed E-state index contributed by atoms with van der Waals surface area (Å²) in [5, 5.41) is 2.34. The Labute approximate surface area is 144 Å². The van der Waals surface area contributed by atoms with Gasteiger partial charge in [0.25, 0.3) is 0 Å². The second kappa shape index (κ2) is 7.29. The van der Waals surface area contributed by atoms with E-state index in [1.165, 1.54) is 31.2 Å². The Morgan fingerprint density at radius 1 is 1.17 bits per heavy atom. The summed E-state index contributed by atoms with van der Waals surface area (Å²) in [4.78, 5) is 12.2. The maximum Gasteiger partial charge on any atom is 0.242 e. The van der Waals surface area contributed by atoms with Crippen molar-refractivity contribution in [1.82, 2.24) is 4.72 Å². The van der Waals surface area contributed by atoms with E-state index in [4.69, 9.17) is 11.6 Å². The van der Waals surface area contributed by atoms with E-state index in [-0.39, 0.29) is 15.6 Å². The van der Waals surface area contributed by atoms with Crippen LogP contribution in [0.5, 0.6) is 0 Å². The molecule has 2 aromatic rings. The SMILES string of the molecule is Cc1ccc(S(=O)(=O)N[C@@H](C)C(=O)Nc2ccc(F)c(Cl)c2)cc1. The number of aryl methyl sites for hydroxylation is 1. The van der Waals surface area contributed by atoms with Crippen LogP contribution in [0.25, 0.3) is 0 Å². The molecule has 0 saturated carbocycles. The van der Waals surface area contributed by atoms with E-state index in [0.717, 1.165) is 11.6 Å².